The average Bonchev–Trinajstić information content (AvgIpc) is 3.13. The molecule has 0 spiro atoms. The second kappa shape index (κ2) is 7.14. The number of aromatic nitrogens is 3. The van der Waals surface area contributed by atoms with Gasteiger partial charge in [0.25, 0.3) is 0 Å². The van der Waals surface area contributed by atoms with Gasteiger partial charge in [-0.2, -0.15) is 0 Å². The van der Waals surface area contributed by atoms with Gasteiger partial charge >= 0.3 is 5.97 Å². The maximum Gasteiger partial charge on any atom is 0.323 e. The number of nitrogens with one attached hydrogen (secondary N) is 1. The number of ether oxygens (including phenoxy) is 1. The fraction of sp³-hybridized carbons (Fsp3) is 0.174. The Bertz CT molecular complexity index is 1190. The number of hydrogen-bond acceptors (Lipinski definition) is 5. The van der Waals surface area contributed by atoms with Crippen LogP contribution in [0.4, 0.5) is 0 Å². The van der Waals surface area contributed by atoms with E-state index in [9.17, 15) is 4.79 Å². The average molecular weight is 384 g/mol. The highest BCUT2D eigenvalue weighted by Crippen LogP contribution is 2.37. The molecule has 5 rings (SSSR count). The highest BCUT2D eigenvalue weighted by Gasteiger charge is 2.31. The molecule has 0 saturated carbocycles. The van der Waals surface area contributed by atoms with Gasteiger partial charge < -0.3 is 4.74 Å². The molecule has 1 aliphatic heterocycles. The lowest BCUT2D eigenvalue weighted by Gasteiger charge is -2.23. The normalized spacial score (nSPS) is 15.8. The van der Waals surface area contributed by atoms with Crippen LogP contribution >= 0.6 is 0 Å². The maximum absolute atomic E-state index is 12.2. The fourth-order valence-electron chi connectivity index (χ4n) is 4.15. The molecule has 1 N–H and O–H groups in total. The van der Waals surface area contributed by atoms with Crippen molar-refractivity contribution < 1.29 is 9.53 Å². The van der Waals surface area contributed by atoms with E-state index in [2.05, 4.69) is 50.2 Å². The van der Waals surface area contributed by atoms with Gasteiger partial charge in [-0.25, -0.2) is 9.97 Å². The second-order valence-corrected chi connectivity index (χ2v) is 7.04. The number of esters is 1. The first kappa shape index (κ1) is 17.6. The van der Waals surface area contributed by atoms with Crippen molar-refractivity contribution >= 4 is 16.9 Å². The Morgan fingerprint density at radius 2 is 1.86 bits per heavy atom. The molecule has 2 aromatic carbocycles. The van der Waals surface area contributed by atoms with Crippen LogP contribution in [-0.4, -0.2) is 33.7 Å². The van der Waals surface area contributed by atoms with Crippen LogP contribution < -0.4 is 5.32 Å². The van der Waals surface area contributed by atoms with Crippen LogP contribution in [0.3, 0.4) is 0 Å². The Balaban J connectivity index is 1.81. The lowest BCUT2D eigenvalue weighted by atomic mass is 9.96. The smallest absolute Gasteiger partial charge is 0.323 e. The van der Waals surface area contributed by atoms with Crippen molar-refractivity contribution in [3.63, 3.8) is 0 Å². The topological polar surface area (TPSA) is 69.0 Å². The second-order valence-electron chi connectivity index (χ2n) is 7.04. The third-order valence-electron chi connectivity index (χ3n) is 5.45. The molecule has 0 bridgehead atoms. The molecule has 1 unspecified atom stereocenters. The summed E-state index contributed by atoms with van der Waals surface area (Å²) in [4.78, 5) is 21.2. The molecule has 144 valence electrons. The molecule has 3 heterocycles. The molecule has 29 heavy (non-hydrogen) atoms. The van der Waals surface area contributed by atoms with Crippen molar-refractivity contribution in [3.8, 4) is 17.1 Å². The van der Waals surface area contributed by atoms with Gasteiger partial charge in [0.1, 0.15) is 6.04 Å². The molecule has 0 saturated heterocycles. The predicted octanol–water partition coefficient (Wildman–Crippen LogP) is 3.27. The minimum Gasteiger partial charge on any atom is -0.468 e. The van der Waals surface area contributed by atoms with Gasteiger partial charge in [-0.15, -0.1) is 0 Å². The molecule has 0 aliphatic carbocycles. The van der Waals surface area contributed by atoms with Crippen LogP contribution in [0.2, 0.25) is 0 Å². The van der Waals surface area contributed by atoms with E-state index in [1.54, 1.807) is 12.4 Å². The van der Waals surface area contributed by atoms with E-state index in [0.29, 0.717) is 18.9 Å². The Hall–Kier alpha value is -3.51. The van der Waals surface area contributed by atoms with Gasteiger partial charge in [0, 0.05) is 42.0 Å². The van der Waals surface area contributed by atoms with Crippen LogP contribution in [0.5, 0.6) is 0 Å². The van der Waals surface area contributed by atoms with Crippen LogP contribution in [0.1, 0.15) is 11.3 Å². The minimum absolute atomic E-state index is 0.244. The number of carbonyl (C=O) groups is 1. The molecule has 0 amide bonds. The summed E-state index contributed by atoms with van der Waals surface area (Å²) in [5.74, 6) is 0.382. The molecular formula is C23H20N4O2. The molecule has 4 aromatic rings. The van der Waals surface area contributed by atoms with Crippen molar-refractivity contribution in [2.75, 3.05) is 7.11 Å². The summed E-state index contributed by atoms with van der Waals surface area (Å²) in [6, 6.07) is 18.0. The molecule has 1 atom stereocenters. The Labute approximate surface area is 168 Å². The highest BCUT2D eigenvalue weighted by atomic mass is 16.5. The number of rotatable bonds is 3. The van der Waals surface area contributed by atoms with Gasteiger partial charge in [-0.05, 0) is 17.2 Å². The Morgan fingerprint density at radius 3 is 2.62 bits per heavy atom. The van der Waals surface area contributed by atoms with Crippen molar-refractivity contribution in [1.82, 2.24) is 19.9 Å². The summed E-state index contributed by atoms with van der Waals surface area (Å²) in [6.45, 7) is 0.538. The van der Waals surface area contributed by atoms with E-state index in [1.807, 2.05) is 24.3 Å². The third-order valence-corrected chi connectivity index (χ3v) is 5.45. The van der Waals surface area contributed by atoms with Gasteiger partial charge in [0.05, 0.1) is 12.6 Å². The molecule has 1 aliphatic rings. The van der Waals surface area contributed by atoms with Crippen molar-refractivity contribution in [3.05, 3.63) is 78.2 Å². The summed E-state index contributed by atoms with van der Waals surface area (Å²) in [5.41, 5.74) is 5.51. The van der Waals surface area contributed by atoms with Crippen LogP contribution in [0.15, 0.2) is 67.0 Å². The van der Waals surface area contributed by atoms with Crippen LogP contribution in [0.25, 0.3) is 28.0 Å². The van der Waals surface area contributed by atoms with Crippen LogP contribution in [0, 0.1) is 0 Å². The number of para-hydroxylation sites is 1. The zero-order chi connectivity index (χ0) is 19.8. The number of benzene rings is 2. The van der Waals surface area contributed by atoms with Crippen molar-refractivity contribution in [2.45, 2.75) is 19.0 Å². The quantitative estimate of drug-likeness (QED) is 0.549. The van der Waals surface area contributed by atoms with Crippen molar-refractivity contribution in [1.29, 1.82) is 0 Å². The zero-order valence-electron chi connectivity index (χ0n) is 16.0. The third kappa shape index (κ3) is 2.89. The lowest BCUT2D eigenvalue weighted by molar-refractivity contribution is -0.143. The van der Waals surface area contributed by atoms with E-state index in [-0.39, 0.29) is 12.0 Å². The summed E-state index contributed by atoms with van der Waals surface area (Å²) >= 11 is 0. The maximum atomic E-state index is 12.2. The summed E-state index contributed by atoms with van der Waals surface area (Å²) in [6.07, 6.45) is 4.06. The van der Waals surface area contributed by atoms with E-state index in [4.69, 9.17) is 4.74 Å². The monoisotopic (exact) mass is 384 g/mol. The first-order chi connectivity index (χ1) is 14.3. The summed E-state index contributed by atoms with van der Waals surface area (Å²) in [7, 11) is 1.42. The van der Waals surface area contributed by atoms with Gasteiger partial charge in [0.15, 0.2) is 0 Å². The van der Waals surface area contributed by atoms with E-state index in [0.717, 1.165) is 33.3 Å². The molecular weight excluding hydrogens is 364 g/mol. The Kier molecular flexibility index (Phi) is 4.33. The molecule has 0 fully saturated rings. The molecule has 2 aromatic heterocycles. The molecule has 6 heteroatoms. The van der Waals surface area contributed by atoms with E-state index >= 15 is 0 Å². The highest BCUT2D eigenvalue weighted by molar-refractivity contribution is 5.99. The number of fused-ring (bicyclic) bond motifs is 3. The van der Waals surface area contributed by atoms with Gasteiger partial charge in [-0.3, -0.25) is 14.7 Å². The Morgan fingerprint density at radius 1 is 1.07 bits per heavy atom. The number of nitrogens with zero attached hydrogens (tertiary/aromatic N) is 3. The number of methoxy groups -OCH3 is 1. The first-order valence-electron chi connectivity index (χ1n) is 9.57. The predicted molar refractivity (Wildman–Crippen MR) is 111 cm³/mol. The zero-order valence-corrected chi connectivity index (χ0v) is 16.0. The number of hydrogen-bond donors (Lipinski definition) is 1. The van der Waals surface area contributed by atoms with Crippen molar-refractivity contribution in [2.24, 2.45) is 0 Å². The molecule has 0 radical (unpaired) electrons. The number of carbonyl (C=O) groups excluding carboxylic acids is 1. The van der Waals surface area contributed by atoms with Crippen LogP contribution in [-0.2, 0) is 22.5 Å². The summed E-state index contributed by atoms with van der Waals surface area (Å²) < 4.78 is 7.09. The first-order valence-corrected chi connectivity index (χ1v) is 9.57. The van der Waals surface area contributed by atoms with E-state index < -0.39 is 0 Å². The minimum atomic E-state index is -0.358. The SMILES string of the molecule is COC(=O)C1Cc2c(n(-c3ncccn3)c3c(-c4ccccc4)cccc23)CN1. The lowest BCUT2D eigenvalue weighted by Crippen LogP contribution is -2.42. The molecule has 6 nitrogen and oxygen atoms in total. The van der Waals surface area contributed by atoms with E-state index in [1.165, 1.54) is 7.11 Å². The standard InChI is InChI=1S/C23H20N4O2/c1-29-22(28)19-13-18-17-10-5-9-16(15-7-3-2-4-8-15)21(17)27(20(18)14-26-19)23-24-11-6-12-25-23/h2-12,19,26H,13-14H2,1H3. The fourth-order valence-corrected chi connectivity index (χ4v) is 4.15. The summed E-state index contributed by atoms with van der Waals surface area (Å²) in [5, 5.41) is 4.42. The van der Waals surface area contributed by atoms with Gasteiger partial charge in [0.2, 0.25) is 5.95 Å². The largest absolute Gasteiger partial charge is 0.468 e. The van der Waals surface area contributed by atoms with Gasteiger partial charge in [-0.1, -0.05) is 48.5 Å².